The largest absolute Gasteiger partial charge is 0.356 e. The summed E-state index contributed by atoms with van der Waals surface area (Å²) >= 11 is 7.86. The van der Waals surface area contributed by atoms with E-state index in [1.807, 2.05) is 35.7 Å². The molecule has 0 fully saturated rings. The molecule has 142 valence electrons. The molecule has 8 heteroatoms. The van der Waals surface area contributed by atoms with Crippen molar-refractivity contribution in [3.8, 4) is 0 Å². The van der Waals surface area contributed by atoms with Crippen LogP contribution in [0.4, 0.5) is 0 Å². The highest BCUT2D eigenvalue weighted by Crippen LogP contribution is 2.14. The Bertz CT molecular complexity index is 707. The van der Waals surface area contributed by atoms with E-state index >= 15 is 0 Å². The van der Waals surface area contributed by atoms with Gasteiger partial charge in [0.15, 0.2) is 5.96 Å². The van der Waals surface area contributed by atoms with E-state index < -0.39 is 0 Å². The van der Waals surface area contributed by atoms with Crippen molar-refractivity contribution < 1.29 is 4.79 Å². The van der Waals surface area contributed by atoms with Gasteiger partial charge in [-0.05, 0) is 29.5 Å². The Morgan fingerprint density at radius 1 is 1.19 bits per heavy atom. The molecule has 0 aliphatic heterocycles. The maximum Gasteiger partial charge on any atom is 0.243 e. The lowest BCUT2D eigenvalue weighted by molar-refractivity contribution is -0.127. The van der Waals surface area contributed by atoms with Crippen LogP contribution >= 0.6 is 46.9 Å². The molecule has 2 N–H and O–H groups in total. The second-order valence-corrected chi connectivity index (χ2v) is 7.09. The highest BCUT2D eigenvalue weighted by atomic mass is 127. The second-order valence-electron chi connectivity index (χ2n) is 5.65. The number of hydrogen-bond acceptors (Lipinski definition) is 3. The molecule has 5 nitrogen and oxygen atoms in total. The average Bonchev–Trinajstić information content (AvgIpc) is 3.11. The zero-order valence-electron chi connectivity index (χ0n) is 14.9. The van der Waals surface area contributed by atoms with Crippen molar-refractivity contribution in [1.82, 2.24) is 15.5 Å². The van der Waals surface area contributed by atoms with Gasteiger partial charge in [0, 0.05) is 30.5 Å². The van der Waals surface area contributed by atoms with E-state index in [1.165, 1.54) is 9.78 Å². The lowest BCUT2D eigenvalue weighted by Gasteiger charge is -2.13. The standard InChI is InChI=1S/C18H23ClN4OS.HI/c1-23(2)17(24)13-22-18(21-12-15-7-5-11-25-15)20-10-9-14-6-3-4-8-16(14)19;/h3-8,11H,9-10,12-13H2,1-2H3,(H2,20,21,22);1H. The molecule has 2 aromatic rings. The molecule has 1 heterocycles. The van der Waals surface area contributed by atoms with E-state index in [-0.39, 0.29) is 36.4 Å². The van der Waals surface area contributed by atoms with Crippen molar-refractivity contribution in [1.29, 1.82) is 0 Å². The maximum absolute atomic E-state index is 11.8. The molecule has 26 heavy (non-hydrogen) atoms. The van der Waals surface area contributed by atoms with Crippen molar-refractivity contribution in [3.05, 3.63) is 57.2 Å². The SMILES string of the molecule is CN(C)C(=O)CN=C(NCCc1ccccc1Cl)NCc1cccs1.I. The third-order valence-corrected chi connectivity index (χ3v) is 4.77. The molecule has 0 saturated carbocycles. The van der Waals surface area contributed by atoms with Crippen LogP contribution in [0.2, 0.25) is 5.02 Å². The van der Waals surface area contributed by atoms with Gasteiger partial charge in [-0.2, -0.15) is 0 Å². The number of nitrogens with zero attached hydrogens (tertiary/aromatic N) is 2. The summed E-state index contributed by atoms with van der Waals surface area (Å²) in [7, 11) is 3.45. The molecule has 0 unspecified atom stereocenters. The summed E-state index contributed by atoms with van der Waals surface area (Å²) in [5, 5.41) is 9.33. The van der Waals surface area contributed by atoms with Gasteiger partial charge in [0.05, 0.1) is 6.54 Å². The van der Waals surface area contributed by atoms with Gasteiger partial charge in [0.1, 0.15) is 6.54 Å². The summed E-state index contributed by atoms with van der Waals surface area (Å²) in [5.41, 5.74) is 1.08. The van der Waals surface area contributed by atoms with E-state index in [2.05, 4.69) is 21.7 Å². The minimum atomic E-state index is -0.0386. The number of amides is 1. The van der Waals surface area contributed by atoms with Crippen molar-refractivity contribution >= 4 is 58.8 Å². The second kappa shape index (κ2) is 12.1. The lowest BCUT2D eigenvalue weighted by Crippen LogP contribution is -2.39. The minimum Gasteiger partial charge on any atom is -0.356 e. The Hall–Kier alpha value is -1.32. The normalized spacial score (nSPS) is 10.8. The number of nitrogens with one attached hydrogen (secondary N) is 2. The number of halogens is 2. The summed E-state index contributed by atoms with van der Waals surface area (Å²) in [4.78, 5) is 18.9. The van der Waals surface area contributed by atoms with Crippen molar-refractivity contribution in [2.75, 3.05) is 27.2 Å². The van der Waals surface area contributed by atoms with Crippen LogP contribution in [0, 0.1) is 0 Å². The van der Waals surface area contributed by atoms with E-state index in [0.717, 1.165) is 17.0 Å². The smallest absolute Gasteiger partial charge is 0.243 e. The van der Waals surface area contributed by atoms with E-state index in [4.69, 9.17) is 11.6 Å². The molecule has 0 radical (unpaired) electrons. The van der Waals surface area contributed by atoms with Gasteiger partial charge in [-0.25, -0.2) is 4.99 Å². The van der Waals surface area contributed by atoms with Gasteiger partial charge in [0.2, 0.25) is 5.91 Å². The fourth-order valence-electron chi connectivity index (χ4n) is 2.06. The third kappa shape index (κ3) is 7.92. The van der Waals surface area contributed by atoms with Crippen LogP contribution in [0.3, 0.4) is 0 Å². The Balaban J connectivity index is 0.00000338. The first-order valence-electron chi connectivity index (χ1n) is 8.04. The first kappa shape index (κ1) is 22.7. The quantitative estimate of drug-likeness (QED) is 0.344. The summed E-state index contributed by atoms with van der Waals surface area (Å²) in [6, 6.07) is 11.9. The lowest BCUT2D eigenvalue weighted by atomic mass is 10.1. The predicted octanol–water partition coefficient (Wildman–Crippen LogP) is 3.39. The minimum absolute atomic E-state index is 0. The monoisotopic (exact) mass is 506 g/mol. The molecule has 1 aromatic heterocycles. The summed E-state index contributed by atoms with van der Waals surface area (Å²) in [6.07, 6.45) is 0.779. The Kier molecular flexibility index (Phi) is 10.6. The Morgan fingerprint density at radius 2 is 1.96 bits per heavy atom. The average molecular weight is 507 g/mol. The highest BCUT2D eigenvalue weighted by molar-refractivity contribution is 14.0. The van der Waals surface area contributed by atoms with E-state index in [9.17, 15) is 4.79 Å². The number of carbonyl (C=O) groups is 1. The van der Waals surface area contributed by atoms with Gasteiger partial charge in [-0.15, -0.1) is 35.3 Å². The topological polar surface area (TPSA) is 56.7 Å². The molecule has 0 bridgehead atoms. The van der Waals surface area contributed by atoms with Gasteiger partial charge < -0.3 is 15.5 Å². The number of carbonyl (C=O) groups excluding carboxylic acids is 1. The summed E-state index contributed by atoms with van der Waals surface area (Å²) < 4.78 is 0. The zero-order valence-corrected chi connectivity index (χ0v) is 18.8. The summed E-state index contributed by atoms with van der Waals surface area (Å²) in [6.45, 7) is 1.46. The number of aliphatic imine (C=N–C) groups is 1. The number of likely N-dealkylation sites (N-methyl/N-ethyl adjacent to an activating group) is 1. The Labute approximate surface area is 180 Å². The first-order valence-corrected chi connectivity index (χ1v) is 9.30. The van der Waals surface area contributed by atoms with E-state index in [1.54, 1.807) is 25.4 Å². The van der Waals surface area contributed by atoms with Crippen LogP contribution < -0.4 is 10.6 Å². The first-order chi connectivity index (χ1) is 12.1. The molecule has 1 amide bonds. The van der Waals surface area contributed by atoms with Crippen LogP contribution in [0.1, 0.15) is 10.4 Å². The fraction of sp³-hybridized carbons (Fsp3) is 0.333. The number of hydrogen-bond donors (Lipinski definition) is 2. The zero-order chi connectivity index (χ0) is 18.1. The highest BCUT2D eigenvalue weighted by Gasteiger charge is 2.06. The van der Waals surface area contributed by atoms with Crippen LogP contribution in [0.15, 0.2) is 46.8 Å². The molecule has 0 saturated heterocycles. The van der Waals surface area contributed by atoms with Crippen molar-refractivity contribution in [2.45, 2.75) is 13.0 Å². The molecule has 2 rings (SSSR count). The Morgan fingerprint density at radius 3 is 2.62 bits per heavy atom. The molecular formula is C18H24ClIN4OS. The maximum atomic E-state index is 11.8. The molecule has 0 aliphatic carbocycles. The number of rotatable bonds is 7. The van der Waals surface area contributed by atoms with Gasteiger partial charge in [-0.1, -0.05) is 35.9 Å². The van der Waals surface area contributed by atoms with Crippen LogP contribution in [-0.4, -0.2) is 44.0 Å². The molecule has 1 aromatic carbocycles. The fourth-order valence-corrected chi connectivity index (χ4v) is 2.94. The number of thiophene rings is 1. The number of guanidine groups is 1. The van der Waals surface area contributed by atoms with Crippen LogP contribution in [0.25, 0.3) is 0 Å². The predicted molar refractivity (Wildman–Crippen MR) is 121 cm³/mol. The van der Waals surface area contributed by atoms with Gasteiger partial charge in [-0.3, -0.25) is 4.79 Å². The molecule has 0 aliphatic rings. The molecule has 0 spiro atoms. The van der Waals surface area contributed by atoms with Crippen molar-refractivity contribution in [3.63, 3.8) is 0 Å². The van der Waals surface area contributed by atoms with Gasteiger partial charge >= 0.3 is 0 Å². The molecular weight excluding hydrogens is 483 g/mol. The van der Waals surface area contributed by atoms with Crippen LogP contribution in [-0.2, 0) is 17.8 Å². The summed E-state index contributed by atoms with van der Waals surface area (Å²) in [5.74, 6) is 0.582. The van der Waals surface area contributed by atoms with Crippen LogP contribution in [0.5, 0.6) is 0 Å². The number of benzene rings is 1. The van der Waals surface area contributed by atoms with Gasteiger partial charge in [0.25, 0.3) is 0 Å². The molecule has 0 atom stereocenters. The third-order valence-electron chi connectivity index (χ3n) is 3.53. The van der Waals surface area contributed by atoms with E-state index in [0.29, 0.717) is 19.0 Å². The van der Waals surface area contributed by atoms with Crippen molar-refractivity contribution in [2.24, 2.45) is 4.99 Å².